The fourth-order valence-corrected chi connectivity index (χ4v) is 2.48. The second-order valence-corrected chi connectivity index (χ2v) is 5.70. The molecule has 1 aromatic rings. The minimum absolute atomic E-state index is 0.348. The maximum absolute atomic E-state index is 11.2. The molecule has 0 radical (unpaired) electrons. The van der Waals surface area contributed by atoms with Crippen LogP contribution in [0.4, 0.5) is 5.69 Å². The van der Waals surface area contributed by atoms with Crippen LogP contribution in [0.5, 0.6) is 0 Å². The van der Waals surface area contributed by atoms with Gasteiger partial charge in [0.05, 0.1) is 17.4 Å². The van der Waals surface area contributed by atoms with Crippen molar-refractivity contribution in [3.8, 4) is 0 Å². The predicted molar refractivity (Wildman–Crippen MR) is 71.0 cm³/mol. The van der Waals surface area contributed by atoms with Crippen molar-refractivity contribution in [1.29, 1.82) is 0 Å². The first-order valence-corrected chi connectivity index (χ1v) is 6.42. The normalized spacial score (nSPS) is 19.3. The van der Waals surface area contributed by atoms with Crippen LogP contribution >= 0.6 is 0 Å². The molecular formula is C14H20N2O2. The zero-order chi connectivity index (χ0) is 13.2. The summed E-state index contributed by atoms with van der Waals surface area (Å²) in [6, 6.07) is 1.58. The van der Waals surface area contributed by atoms with Crippen LogP contribution in [0.15, 0.2) is 18.5 Å². The van der Waals surface area contributed by atoms with Gasteiger partial charge in [0.1, 0.15) is 0 Å². The number of carboxylic acids is 1. The molecule has 0 amide bonds. The Balaban J connectivity index is 2.24. The topological polar surface area (TPSA) is 53.4 Å². The van der Waals surface area contributed by atoms with Crippen molar-refractivity contribution in [1.82, 2.24) is 4.98 Å². The second-order valence-electron chi connectivity index (χ2n) is 5.70. The van der Waals surface area contributed by atoms with E-state index in [2.05, 4.69) is 23.7 Å². The monoisotopic (exact) mass is 248 g/mol. The Morgan fingerprint density at radius 1 is 1.39 bits per heavy atom. The number of pyridine rings is 1. The van der Waals surface area contributed by atoms with Gasteiger partial charge in [-0.2, -0.15) is 0 Å². The lowest BCUT2D eigenvalue weighted by molar-refractivity contribution is 0.0697. The third-order valence-electron chi connectivity index (χ3n) is 3.71. The molecule has 0 atom stereocenters. The molecule has 4 heteroatoms. The number of hydrogen-bond donors (Lipinski definition) is 1. The van der Waals surface area contributed by atoms with Crippen LogP contribution in [-0.4, -0.2) is 29.1 Å². The molecule has 2 rings (SSSR count). The van der Waals surface area contributed by atoms with Crippen LogP contribution in [0.3, 0.4) is 0 Å². The predicted octanol–water partition coefficient (Wildman–Crippen LogP) is 2.80. The largest absolute Gasteiger partial charge is 0.478 e. The number of hydrogen-bond acceptors (Lipinski definition) is 3. The van der Waals surface area contributed by atoms with Gasteiger partial charge in [0, 0.05) is 19.3 Å². The summed E-state index contributed by atoms with van der Waals surface area (Å²) >= 11 is 0. The average molecular weight is 248 g/mol. The van der Waals surface area contributed by atoms with Crippen LogP contribution in [0.2, 0.25) is 0 Å². The number of rotatable bonds is 2. The summed E-state index contributed by atoms with van der Waals surface area (Å²) < 4.78 is 0. The van der Waals surface area contributed by atoms with E-state index in [0.717, 1.165) is 31.6 Å². The zero-order valence-corrected chi connectivity index (χ0v) is 11.0. The third-order valence-corrected chi connectivity index (χ3v) is 3.71. The van der Waals surface area contributed by atoms with Gasteiger partial charge in [-0.3, -0.25) is 4.98 Å². The molecule has 1 saturated heterocycles. The molecule has 1 N–H and O–H groups in total. The molecule has 2 heterocycles. The van der Waals surface area contributed by atoms with Gasteiger partial charge in [-0.05, 0) is 30.7 Å². The lowest BCUT2D eigenvalue weighted by Crippen LogP contribution is -2.27. The minimum atomic E-state index is -0.879. The van der Waals surface area contributed by atoms with Crippen molar-refractivity contribution in [2.75, 3.05) is 18.0 Å². The highest BCUT2D eigenvalue weighted by molar-refractivity contribution is 5.94. The molecule has 18 heavy (non-hydrogen) atoms. The molecule has 0 unspecified atom stereocenters. The molecule has 98 valence electrons. The van der Waals surface area contributed by atoms with Crippen molar-refractivity contribution in [2.45, 2.75) is 33.1 Å². The molecule has 1 fully saturated rings. The summed E-state index contributed by atoms with van der Waals surface area (Å²) in [5.41, 5.74) is 1.45. The Morgan fingerprint density at radius 2 is 2.17 bits per heavy atom. The van der Waals surface area contributed by atoms with Crippen LogP contribution in [0.25, 0.3) is 0 Å². The highest BCUT2D eigenvalue weighted by Gasteiger charge is 2.25. The number of aromatic carboxylic acids is 1. The van der Waals surface area contributed by atoms with E-state index in [1.165, 1.54) is 12.6 Å². The SMILES string of the molecule is CC1(C)CCCN(c2cnccc2C(=O)O)CC1. The number of carboxylic acid groups (broad SMARTS) is 1. The van der Waals surface area contributed by atoms with Gasteiger partial charge in [-0.1, -0.05) is 13.8 Å². The fraction of sp³-hybridized carbons (Fsp3) is 0.571. The summed E-state index contributed by atoms with van der Waals surface area (Å²) in [6.45, 7) is 6.37. The molecule has 1 aromatic heterocycles. The Morgan fingerprint density at radius 3 is 2.89 bits per heavy atom. The second kappa shape index (κ2) is 4.96. The van der Waals surface area contributed by atoms with E-state index >= 15 is 0 Å². The summed E-state index contributed by atoms with van der Waals surface area (Å²) in [7, 11) is 0. The summed E-state index contributed by atoms with van der Waals surface area (Å²) in [6.07, 6.45) is 6.57. The number of nitrogens with zero attached hydrogens (tertiary/aromatic N) is 2. The van der Waals surface area contributed by atoms with Gasteiger partial charge in [-0.25, -0.2) is 4.79 Å². The van der Waals surface area contributed by atoms with E-state index < -0.39 is 5.97 Å². The number of aromatic nitrogens is 1. The van der Waals surface area contributed by atoms with E-state index in [-0.39, 0.29) is 0 Å². The first-order chi connectivity index (χ1) is 8.49. The maximum atomic E-state index is 11.2. The summed E-state index contributed by atoms with van der Waals surface area (Å²) in [4.78, 5) is 17.4. The zero-order valence-electron chi connectivity index (χ0n) is 11.0. The van der Waals surface area contributed by atoms with E-state index in [9.17, 15) is 9.90 Å². The number of carbonyl (C=O) groups is 1. The smallest absolute Gasteiger partial charge is 0.337 e. The van der Waals surface area contributed by atoms with Gasteiger partial charge in [-0.15, -0.1) is 0 Å². The van der Waals surface area contributed by atoms with Crippen molar-refractivity contribution < 1.29 is 9.90 Å². The average Bonchev–Trinajstić information content (AvgIpc) is 2.50. The number of anilines is 1. The summed E-state index contributed by atoms with van der Waals surface area (Å²) in [5, 5.41) is 9.21. The highest BCUT2D eigenvalue weighted by Crippen LogP contribution is 2.32. The third kappa shape index (κ3) is 2.81. The minimum Gasteiger partial charge on any atom is -0.478 e. The summed E-state index contributed by atoms with van der Waals surface area (Å²) in [5.74, 6) is -0.879. The molecule has 0 aliphatic carbocycles. The fourth-order valence-electron chi connectivity index (χ4n) is 2.48. The first-order valence-electron chi connectivity index (χ1n) is 6.42. The lowest BCUT2D eigenvalue weighted by Gasteiger charge is -2.25. The van der Waals surface area contributed by atoms with Crippen LogP contribution in [-0.2, 0) is 0 Å². The van der Waals surface area contributed by atoms with Gasteiger partial charge in [0.15, 0.2) is 0 Å². The quantitative estimate of drug-likeness (QED) is 0.874. The van der Waals surface area contributed by atoms with Crippen molar-refractivity contribution in [3.05, 3.63) is 24.0 Å². The first kappa shape index (κ1) is 12.9. The van der Waals surface area contributed by atoms with Crippen LogP contribution < -0.4 is 4.90 Å². The van der Waals surface area contributed by atoms with E-state index in [4.69, 9.17) is 0 Å². The van der Waals surface area contributed by atoms with Crippen LogP contribution in [0.1, 0.15) is 43.5 Å². The van der Waals surface area contributed by atoms with E-state index in [1.807, 2.05) is 0 Å². The Hall–Kier alpha value is -1.58. The maximum Gasteiger partial charge on any atom is 0.337 e. The van der Waals surface area contributed by atoms with Gasteiger partial charge < -0.3 is 10.0 Å². The molecule has 0 spiro atoms. The molecule has 1 aliphatic rings. The van der Waals surface area contributed by atoms with Crippen molar-refractivity contribution in [2.24, 2.45) is 5.41 Å². The Labute approximate surface area is 108 Å². The molecule has 0 aromatic carbocycles. The molecule has 0 bridgehead atoms. The van der Waals surface area contributed by atoms with Gasteiger partial charge >= 0.3 is 5.97 Å². The highest BCUT2D eigenvalue weighted by atomic mass is 16.4. The standard InChI is InChI=1S/C14H20N2O2/c1-14(2)5-3-8-16(9-6-14)12-10-15-7-4-11(12)13(17)18/h4,7,10H,3,5-6,8-9H2,1-2H3,(H,17,18). The van der Waals surface area contributed by atoms with Crippen molar-refractivity contribution in [3.63, 3.8) is 0 Å². The molecular weight excluding hydrogens is 228 g/mol. The van der Waals surface area contributed by atoms with Crippen molar-refractivity contribution >= 4 is 11.7 Å². The van der Waals surface area contributed by atoms with Gasteiger partial charge in [0.25, 0.3) is 0 Å². The van der Waals surface area contributed by atoms with Gasteiger partial charge in [0.2, 0.25) is 0 Å². The molecule has 1 aliphatic heterocycles. The Bertz CT molecular complexity index is 443. The molecule has 0 saturated carbocycles. The molecule has 4 nitrogen and oxygen atoms in total. The van der Waals surface area contributed by atoms with E-state index in [1.54, 1.807) is 12.3 Å². The van der Waals surface area contributed by atoms with E-state index in [0.29, 0.717) is 11.0 Å². The lowest BCUT2D eigenvalue weighted by atomic mass is 9.85. The van der Waals surface area contributed by atoms with Crippen LogP contribution in [0, 0.1) is 5.41 Å². The Kier molecular flexibility index (Phi) is 3.55.